The van der Waals surface area contributed by atoms with Crippen molar-refractivity contribution in [3.8, 4) is 0 Å². The second-order valence-electron chi connectivity index (χ2n) is 4.96. The van der Waals surface area contributed by atoms with Gasteiger partial charge in [0.25, 0.3) is 0 Å². The highest BCUT2D eigenvalue weighted by Gasteiger charge is 2.18. The maximum atomic E-state index is 6.14. The van der Waals surface area contributed by atoms with Gasteiger partial charge in [0, 0.05) is 11.9 Å². The zero-order chi connectivity index (χ0) is 13.0. The van der Waals surface area contributed by atoms with Crippen LogP contribution in [0.4, 0.5) is 0 Å². The third kappa shape index (κ3) is 4.03. The van der Waals surface area contributed by atoms with Gasteiger partial charge >= 0.3 is 0 Å². The van der Waals surface area contributed by atoms with Gasteiger partial charge in [0.15, 0.2) is 0 Å². The van der Waals surface area contributed by atoms with Crippen LogP contribution >= 0.6 is 34.8 Å². The Morgan fingerprint density at radius 1 is 1.11 bits per heavy atom. The lowest BCUT2D eigenvalue weighted by molar-refractivity contribution is 0.345. The molecule has 0 radical (unpaired) electrons. The van der Waals surface area contributed by atoms with Crippen LogP contribution in [0, 0.1) is 5.92 Å². The number of nitrogens with one attached hydrogen (secondary N) is 1. The molecule has 18 heavy (non-hydrogen) atoms. The van der Waals surface area contributed by atoms with E-state index in [2.05, 4.69) is 5.32 Å². The van der Waals surface area contributed by atoms with E-state index < -0.39 is 0 Å². The molecule has 1 aromatic carbocycles. The van der Waals surface area contributed by atoms with Crippen molar-refractivity contribution >= 4 is 34.8 Å². The van der Waals surface area contributed by atoms with E-state index in [-0.39, 0.29) is 0 Å². The normalized spacial score (nSPS) is 24.2. The minimum absolute atomic E-state index is 0.392. The average molecular weight is 307 g/mol. The van der Waals surface area contributed by atoms with Crippen LogP contribution in [0.25, 0.3) is 0 Å². The molecule has 1 fully saturated rings. The van der Waals surface area contributed by atoms with Crippen molar-refractivity contribution < 1.29 is 0 Å². The van der Waals surface area contributed by atoms with Gasteiger partial charge in [-0.25, -0.2) is 0 Å². The Hall–Kier alpha value is 0.0500. The fourth-order valence-electron chi connectivity index (χ4n) is 2.42. The first kappa shape index (κ1) is 14.5. The van der Waals surface area contributed by atoms with Gasteiger partial charge in [-0.2, -0.15) is 0 Å². The first-order valence-electron chi connectivity index (χ1n) is 6.44. The molecule has 0 bridgehead atoms. The van der Waals surface area contributed by atoms with Gasteiger partial charge in [-0.3, -0.25) is 0 Å². The summed E-state index contributed by atoms with van der Waals surface area (Å²) in [4.78, 5) is 0. The molecule has 0 unspecified atom stereocenters. The van der Waals surface area contributed by atoms with E-state index in [1.807, 2.05) is 18.2 Å². The molecule has 1 aromatic rings. The molecule has 0 aliphatic heterocycles. The Morgan fingerprint density at radius 2 is 1.83 bits per heavy atom. The molecule has 2 rings (SSSR count). The van der Waals surface area contributed by atoms with Crippen LogP contribution in [0.1, 0.15) is 31.2 Å². The monoisotopic (exact) mass is 305 g/mol. The number of hydrogen-bond donors (Lipinski definition) is 1. The van der Waals surface area contributed by atoms with Crippen LogP contribution in [0.3, 0.4) is 0 Å². The lowest BCUT2D eigenvalue weighted by Gasteiger charge is -2.25. The molecular formula is C14H18Cl3N. The molecule has 1 saturated carbocycles. The largest absolute Gasteiger partial charge is 0.312 e. The minimum Gasteiger partial charge on any atom is -0.312 e. The quantitative estimate of drug-likeness (QED) is 0.782. The number of halogens is 3. The van der Waals surface area contributed by atoms with Gasteiger partial charge in [0.2, 0.25) is 0 Å². The summed E-state index contributed by atoms with van der Waals surface area (Å²) in [7, 11) is 0. The summed E-state index contributed by atoms with van der Waals surface area (Å²) in [6.07, 6.45) is 4.74. The van der Waals surface area contributed by atoms with E-state index in [1.54, 1.807) is 0 Å². The molecule has 0 spiro atoms. The molecule has 0 aromatic heterocycles. The number of hydrogen-bond acceptors (Lipinski definition) is 1. The van der Waals surface area contributed by atoms with Crippen molar-refractivity contribution in [1.82, 2.24) is 5.32 Å². The van der Waals surface area contributed by atoms with Crippen molar-refractivity contribution in [2.45, 2.75) is 37.6 Å². The fraction of sp³-hybridized carbons (Fsp3) is 0.571. The molecule has 0 amide bonds. The Morgan fingerprint density at radius 3 is 2.56 bits per heavy atom. The molecule has 100 valence electrons. The van der Waals surface area contributed by atoms with E-state index in [1.165, 1.54) is 12.8 Å². The maximum absolute atomic E-state index is 6.14. The van der Waals surface area contributed by atoms with Crippen LogP contribution in [0.15, 0.2) is 18.2 Å². The van der Waals surface area contributed by atoms with Gasteiger partial charge in [0.1, 0.15) is 0 Å². The van der Waals surface area contributed by atoms with Gasteiger partial charge in [-0.05, 0) is 49.8 Å². The van der Waals surface area contributed by atoms with E-state index in [0.717, 1.165) is 37.4 Å². The number of rotatable bonds is 4. The highest BCUT2D eigenvalue weighted by atomic mass is 35.5. The number of benzene rings is 1. The first-order chi connectivity index (χ1) is 8.66. The average Bonchev–Trinajstić information content (AvgIpc) is 2.37. The molecule has 0 atom stereocenters. The Bertz CT molecular complexity index is 387. The molecule has 1 N–H and O–H groups in total. The summed E-state index contributed by atoms with van der Waals surface area (Å²) in [6, 6.07) is 5.76. The standard InChI is InChI=1S/C14H18Cl3N/c15-12-6-4-10(5-7-12)8-18-9-11-2-1-3-13(16)14(11)17/h1-3,10,12,18H,4-9H2. The van der Waals surface area contributed by atoms with Crippen molar-refractivity contribution in [3.63, 3.8) is 0 Å². The van der Waals surface area contributed by atoms with Gasteiger partial charge in [0.05, 0.1) is 10.0 Å². The summed E-state index contributed by atoms with van der Waals surface area (Å²) in [5.74, 6) is 0.748. The molecule has 1 aliphatic carbocycles. The Kier molecular flexibility index (Phi) is 5.62. The second kappa shape index (κ2) is 7.00. The molecule has 0 saturated heterocycles. The smallest absolute Gasteiger partial charge is 0.0637 e. The van der Waals surface area contributed by atoms with Crippen LogP contribution in [-0.4, -0.2) is 11.9 Å². The predicted molar refractivity (Wildman–Crippen MR) is 79.8 cm³/mol. The Balaban J connectivity index is 1.77. The maximum Gasteiger partial charge on any atom is 0.0637 e. The molecule has 1 nitrogen and oxygen atoms in total. The third-order valence-electron chi connectivity index (χ3n) is 3.56. The van der Waals surface area contributed by atoms with E-state index in [9.17, 15) is 0 Å². The summed E-state index contributed by atoms with van der Waals surface area (Å²) < 4.78 is 0. The predicted octanol–water partition coefficient (Wildman–Crippen LogP) is 4.88. The van der Waals surface area contributed by atoms with Crippen molar-refractivity contribution in [1.29, 1.82) is 0 Å². The minimum atomic E-state index is 0.392. The summed E-state index contributed by atoms with van der Waals surface area (Å²) in [5, 5.41) is 5.15. The fourth-order valence-corrected chi connectivity index (χ4v) is 3.06. The summed E-state index contributed by atoms with van der Waals surface area (Å²) >= 11 is 18.2. The van der Waals surface area contributed by atoms with E-state index in [0.29, 0.717) is 15.4 Å². The SMILES string of the molecule is Clc1cccc(CNCC2CCC(Cl)CC2)c1Cl. The first-order valence-corrected chi connectivity index (χ1v) is 7.63. The van der Waals surface area contributed by atoms with E-state index in [4.69, 9.17) is 34.8 Å². The summed E-state index contributed by atoms with van der Waals surface area (Å²) in [6.45, 7) is 1.81. The van der Waals surface area contributed by atoms with E-state index >= 15 is 0 Å². The van der Waals surface area contributed by atoms with Gasteiger partial charge in [-0.15, -0.1) is 11.6 Å². The molecule has 1 aliphatic rings. The van der Waals surface area contributed by atoms with Crippen LogP contribution in [-0.2, 0) is 6.54 Å². The highest BCUT2D eigenvalue weighted by Crippen LogP contribution is 2.28. The van der Waals surface area contributed by atoms with Crippen LogP contribution in [0.5, 0.6) is 0 Å². The van der Waals surface area contributed by atoms with Crippen molar-refractivity contribution in [2.75, 3.05) is 6.54 Å². The molecule has 4 heteroatoms. The van der Waals surface area contributed by atoms with Crippen LogP contribution in [0.2, 0.25) is 10.0 Å². The van der Waals surface area contributed by atoms with Crippen molar-refractivity contribution in [3.05, 3.63) is 33.8 Å². The zero-order valence-corrected chi connectivity index (χ0v) is 12.5. The molecule has 0 heterocycles. The lowest BCUT2D eigenvalue weighted by atomic mass is 9.89. The zero-order valence-electron chi connectivity index (χ0n) is 10.3. The van der Waals surface area contributed by atoms with Gasteiger partial charge < -0.3 is 5.32 Å². The topological polar surface area (TPSA) is 12.0 Å². The lowest BCUT2D eigenvalue weighted by Crippen LogP contribution is -2.26. The Labute approximate surface area is 124 Å². The summed E-state index contributed by atoms with van der Waals surface area (Å²) in [5.41, 5.74) is 1.06. The van der Waals surface area contributed by atoms with Crippen LogP contribution < -0.4 is 5.32 Å². The molecular weight excluding hydrogens is 289 g/mol. The van der Waals surface area contributed by atoms with Crippen molar-refractivity contribution in [2.24, 2.45) is 5.92 Å². The third-order valence-corrected chi connectivity index (χ3v) is 4.85. The van der Waals surface area contributed by atoms with Gasteiger partial charge in [-0.1, -0.05) is 35.3 Å². The number of alkyl halides is 1. The highest BCUT2D eigenvalue weighted by molar-refractivity contribution is 6.42. The second-order valence-corrected chi connectivity index (χ2v) is 6.36.